The summed E-state index contributed by atoms with van der Waals surface area (Å²) in [5.41, 5.74) is 0.868. The molecule has 0 atom stereocenters. The summed E-state index contributed by atoms with van der Waals surface area (Å²) in [6.45, 7) is 6.80. The topological polar surface area (TPSA) is 71.1 Å². The molecule has 2 aromatic rings. The van der Waals surface area contributed by atoms with E-state index < -0.39 is 10.0 Å². The van der Waals surface area contributed by atoms with Gasteiger partial charge in [0.25, 0.3) is 0 Å². The van der Waals surface area contributed by atoms with E-state index in [0.717, 1.165) is 11.4 Å². The van der Waals surface area contributed by atoms with Crippen LogP contribution in [0.25, 0.3) is 0 Å². The minimum atomic E-state index is -3.54. The lowest BCUT2D eigenvalue weighted by Crippen LogP contribution is -2.51. The Labute approximate surface area is 183 Å². The lowest BCUT2D eigenvalue weighted by Gasteiger charge is -2.35. The first-order valence-corrected chi connectivity index (χ1v) is 11.8. The van der Waals surface area contributed by atoms with E-state index in [1.807, 2.05) is 43.0 Å². The Morgan fingerprint density at radius 2 is 1.40 bits per heavy atom. The molecule has 0 saturated carbocycles. The highest BCUT2D eigenvalue weighted by Crippen LogP contribution is 2.21. The van der Waals surface area contributed by atoms with Gasteiger partial charge in [0.2, 0.25) is 10.0 Å². The van der Waals surface area contributed by atoms with Crippen LogP contribution in [0.1, 0.15) is 13.8 Å². The van der Waals surface area contributed by atoms with Crippen molar-refractivity contribution in [2.45, 2.75) is 18.7 Å². The zero-order valence-corrected chi connectivity index (χ0v) is 18.8. The normalized spacial score (nSPS) is 14.9. The van der Waals surface area contributed by atoms with Gasteiger partial charge in [-0.1, -0.05) is 0 Å². The van der Waals surface area contributed by atoms with Crippen LogP contribution in [0.4, 0.5) is 5.69 Å². The number of benzene rings is 2. The second kappa shape index (κ2) is 10.1. The Bertz CT molecular complexity index is 939. The highest BCUT2D eigenvalue weighted by molar-refractivity contribution is 7.89. The maximum absolute atomic E-state index is 12.9. The molecule has 1 fully saturated rings. The molecule has 1 N–H and O–H groups in total. The van der Waals surface area contributed by atoms with Crippen molar-refractivity contribution in [3.8, 4) is 11.5 Å². The Morgan fingerprint density at radius 1 is 0.900 bits per heavy atom. The molecule has 162 valence electrons. The minimum Gasteiger partial charge on any atom is -0.494 e. The zero-order valence-electron chi connectivity index (χ0n) is 17.2. The van der Waals surface area contributed by atoms with E-state index in [-0.39, 0.29) is 4.90 Å². The molecule has 0 spiro atoms. The molecule has 0 amide bonds. The largest absolute Gasteiger partial charge is 0.494 e. The Morgan fingerprint density at radius 3 is 1.90 bits per heavy atom. The molecule has 1 heterocycles. The van der Waals surface area contributed by atoms with Crippen LogP contribution >= 0.6 is 12.2 Å². The number of hydrogen-bond donors (Lipinski definition) is 1. The summed E-state index contributed by atoms with van der Waals surface area (Å²) in [7, 11) is -3.54. The average Bonchev–Trinajstić information content (AvgIpc) is 2.76. The third-order valence-corrected chi connectivity index (χ3v) is 6.99. The molecule has 0 radical (unpaired) electrons. The molecule has 0 aromatic heterocycles. The lowest BCUT2D eigenvalue weighted by atomic mass is 10.3. The van der Waals surface area contributed by atoms with E-state index in [0.29, 0.717) is 50.3 Å². The van der Waals surface area contributed by atoms with Crippen molar-refractivity contribution in [1.82, 2.24) is 9.21 Å². The molecular weight excluding hydrogens is 422 g/mol. The van der Waals surface area contributed by atoms with E-state index in [9.17, 15) is 8.42 Å². The Balaban J connectivity index is 1.56. The number of sulfonamides is 1. The standard InChI is InChI=1S/C21H27N3O4S2/c1-3-27-18-7-5-17(6-8-18)22-21(29)23-13-15-24(16-14-23)30(25,26)20-11-9-19(10-12-20)28-4-2/h5-12H,3-4,13-16H2,1-2H3,(H,22,29). The van der Waals surface area contributed by atoms with Crippen LogP contribution in [0.5, 0.6) is 11.5 Å². The van der Waals surface area contributed by atoms with Gasteiger partial charge in [0.1, 0.15) is 11.5 Å². The molecule has 0 bridgehead atoms. The highest BCUT2D eigenvalue weighted by atomic mass is 32.2. The van der Waals surface area contributed by atoms with Crippen molar-refractivity contribution in [2.75, 3.05) is 44.7 Å². The predicted molar refractivity (Wildman–Crippen MR) is 122 cm³/mol. The number of anilines is 1. The zero-order chi connectivity index (χ0) is 21.6. The summed E-state index contributed by atoms with van der Waals surface area (Å²) in [6, 6.07) is 14.1. The molecule has 7 nitrogen and oxygen atoms in total. The first-order chi connectivity index (χ1) is 14.4. The van der Waals surface area contributed by atoms with Crippen LogP contribution in [-0.4, -0.2) is 62.1 Å². The van der Waals surface area contributed by atoms with Gasteiger partial charge in [-0.2, -0.15) is 4.31 Å². The molecule has 9 heteroatoms. The number of nitrogens with one attached hydrogen (secondary N) is 1. The molecule has 1 aliphatic heterocycles. The lowest BCUT2D eigenvalue weighted by molar-refractivity contribution is 0.268. The van der Waals surface area contributed by atoms with Crippen LogP contribution in [0.3, 0.4) is 0 Å². The predicted octanol–water partition coefficient (Wildman–Crippen LogP) is 3.19. The van der Waals surface area contributed by atoms with Gasteiger partial charge in [-0.05, 0) is 74.6 Å². The first-order valence-electron chi connectivity index (χ1n) is 9.96. The van der Waals surface area contributed by atoms with E-state index in [1.54, 1.807) is 24.3 Å². The fourth-order valence-corrected chi connectivity index (χ4v) is 4.88. The third-order valence-electron chi connectivity index (χ3n) is 4.71. The number of rotatable bonds is 7. The van der Waals surface area contributed by atoms with Crippen LogP contribution < -0.4 is 14.8 Å². The van der Waals surface area contributed by atoms with Gasteiger partial charge in [-0.25, -0.2) is 8.42 Å². The highest BCUT2D eigenvalue weighted by Gasteiger charge is 2.29. The molecule has 0 unspecified atom stereocenters. The number of ether oxygens (including phenoxy) is 2. The monoisotopic (exact) mass is 449 g/mol. The van der Waals surface area contributed by atoms with Crippen molar-refractivity contribution >= 4 is 33.0 Å². The van der Waals surface area contributed by atoms with Gasteiger partial charge in [-0.15, -0.1) is 0 Å². The third kappa shape index (κ3) is 5.41. The van der Waals surface area contributed by atoms with E-state index in [4.69, 9.17) is 21.7 Å². The number of thiocarbonyl (C=S) groups is 1. The quantitative estimate of drug-likeness (QED) is 0.651. The van der Waals surface area contributed by atoms with Gasteiger partial charge in [-0.3, -0.25) is 0 Å². The average molecular weight is 450 g/mol. The molecule has 2 aromatic carbocycles. The van der Waals surface area contributed by atoms with E-state index in [1.165, 1.54) is 4.31 Å². The van der Waals surface area contributed by atoms with E-state index in [2.05, 4.69) is 5.32 Å². The molecule has 30 heavy (non-hydrogen) atoms. The van der Waals surface area contributed by atoms with Crippen LogP contribution in [0.15, 0.2) is 53.4 Å². The maximum atomic E-state index is 12.9. The molecule has 1 saturated heterocycles. The summed E-state index contributed by atoms with van der Waals surface area (Å²) in [6.07, 6.45) is 0. The smallest absolute Gasteiger partial charge is 0.243 e. The van der Waals surface area contributed by atoms with Gasteiger partial charge < -0.3 is 19.7 Å². The number of hydrogen-bond acceptors (Lipinski definition) is 5. The van der Waals surface area contributed by atoms with Crippen LogP contribution in [0, 0.1) is 0 Å². The fraction of sp³-hybridized carbons (Fsp3) is 0.381. The summed E-state index contributed by atoms with van der Waals surface area (Å²) in [5, 5.41) is 3.79. The van der Waals surface area contributed by atoms with Gasteiger partial charge >= 0.3 is 0 Å². The van der Waals surface area contributed by atoms with E-state index >= 15 is 0 Å². The summed E-state index contributed by atoms with van der Waals surface area (Å²) in [4.78, 5) is 2.25. The second-order valence-electron chi connectivity index (χ2n) is 6.68. The van der Waals surface area contributed by atoms with Crippen molar-refractivity contribution in [3.63, 3.8) is 0 Å². The fourth-order valence-electron chi connectivity index (χ4n) is 3.16. The second-order valence-corrected chi connectivity index (χ2v) is 9.01. The number of nitrogens with zero attached hydrogens (tertiary/aromatic N) is 2. The Kier molecular flexibility index (Phi) is 7.52. The van der Waals surface area contributed by atoms with Crippen LogP contribution in [0.2, 0.25) is 0 Å². The molecular formula is C21H27N3O4S2. The summed E-state index contributed by atoms with van der Waals surface area (Å²) >= 11 is 5.51. The maximum Gasteiger partial charge on any atom is 0.243 e. The van der Waals surface area contributed by atoms with Crippen molar-refractivity contribution in [2.24, 2.45) is 0 Å². The first kappa shape index (κ1) is 22.3. The summed E-state index contributed by atoms with van der Waals surface area (Å²) < 4.78 is 38.2. The van der Waals surface area contributed by atoms with Gasteiger partial charge in [0.05, 0.1) is 18.1 Å². The SMILES string of the molecule is CCOc1ccc(NC(=S)N2CCN(S(=O)(=O)c3ccc(OCC)cc3)CC2)cc1. The van der Waals surface area contributed by atoms with Crippen molar-refractivity contribution < 1.29 is 17.9 Å². The van der Waals surface area contributed by atoms with Crippen molar-refractivity contribution in [3.05, 3.63) is 48.5 Å². The van der Waals surface area contributed by atoms with Gasteiger partial charge in [0, 0.05) is 31.9 Å². The minimum absolute atomic E-state index is 0.273. The number of piperazine rings is 1. The molecule has 0 aliphatic carbocycles. The van der Waals surface area contributed by atoms with Gasteiger partial charge in [0.15, 0.2) is 5.11 Å². The summed E-state index contributed by atoms with van der Waals surface area (Å²) in [5.74, 6) is 1.47. The van der Waals surface area contributed by atoms with Crippen molar-refractivity contribution in [1.29, 1.82) is 0 Å². The molecule has 3 rings (SSSR count). The van der Waals surface area contributed by atoms with Crippen LogP contribution in [-0.2, 0) is 10.0 Å². The Hall–Kier alpha value is -2.36. The molecule has 1 aliphatic rings.